The minimum absolute atomic E-state index is 0.132. The molecule has 1 rings (SSSR count). The molecular weight excluding hydrogens is 190 g/mol. The van der Waals surface area contributed by atoms with Gasteiger partial charge in [-0.05, 0) is 25.7 Å². The van der Waals surface area contributed by atoms with Crippen LogP contribution in [0.5, 0.6) is 0 Å². The van der Waals surface area contributed by atoms with Gasteiger partial charge in [0.15, 0.2) is 0 Å². The Bertz CT molecular complexity index is 291. The summed E-state index contributed by atoms with van der Waals surface area (Å²) < 4.78 is 0. The Morgan fingerprint density at radius 2 is 2.47 bits per heavy atom. The van der Waals surface area contributed by atoms with Crippen LogP contribution >= 0.6 is 0 Å². The fourth-order valence-corrected chi connectivity index (χ4v) is 1.92. The van der Waals surface area contributed by atoms with Gasteiger partial charge in [0, 0.05) is 25.0 Å². The zero-order valence-corrected chi connectivity index (χ0v) is 9.12. The summed E-state index contributed by atoms with van der Waals surface area (Å²) in [6.45, 7) is 1.46. The third-order valence-electron chi connectivity index (χ3n) is 2.67. The van der Waals surface area contributed by atoms with Crippen molar-refractivity contribution in [3.8, 4) is 6.07 Å². The first-order valence-electron chi connectivity index (χ1n) is 5.44. The van der Waals surface area contributed by atoms with Gasteiger partial charge in [-0.1, -0.05) is 6.42 Å². The highest BCUT2D eigenvalue weighted by Crippen LogP contribution is 2.25. The Hall–Kier alpha value is -1.37. The fourth-order valence-electron chi connectivity index (χ4n) is 1.92. The van der Waals surface area contributed by atoms with Crippen LogP contribution in [0.15, 0.2) is 5.10 Å². The molecule has 0 aromatic carbocycles. The monoisotopic (exact) mass is 207 g/mol. The van der Waals surface area contributed by atoms with Gasteiger partial charge in [0.05, 0.1) is 6.07 Å². The molecule has 0 saturated heterocycles. The Labute approximate surface area is 90.4 Å². The van der Waals surface area contributed by atoms with Gasteiger partial charge in [0.2, 0.25) is 5.91 Å². The lowest BCUT2D eigenvalue weighted by atomic mass is 9.84. The second-order valence-electron chi connectivity index (χ2n) is 3.91. The van der Waals surface area contributed by atoms with Gasteiger partial charge in [-0.3, -0.25) is 4.79 Å². The molecule has 0 aromatic rings. The van der Waals surface area contributed by atoms with Crippen molar-refractivity contribution in [1.29, 1.82) is 5.26 Å². The lowest BCUT2D eigenvalue weighted by Crippen LogP contribution is -2.24. The van der Waals surface area contributed by atoms with E-state index in [0.717, 1.165) is 31.4 Å². The third-order valence-corrected chi connectivity index (χ3v) is 2.67. The molecule has 0 spiro atoms. The molecule has 1 atom stereocenters. The largest absolute Gasteiger partial charge is 0.274 e. The lowest BCUT2D eigenvalue weighted by Gasteiger charge is -2.22. The fraction of sp³-hybridized carbons (Fsp3) is 0.727. The first-order chi connectivity index (χ1) is 7.24. The summed E-state index contributed by atoms with van der Waals surface area (Å²) in [7, 11) is 0. The van der Waals surface area contributed by atoms with Crippen LogP contribution in [0.25, 0.3) is 0 Å². The van der Waals surface area contributed by atoms with Crippen LogP contribution in [-0.2, 0) is 4.79 Å². The second kappa shape index (κ2) is 6.18. The van der Waals surface area contributed by atoms with Crippen LogP contribution in [0.2, 0.25) is 0 Å². The summed E-state index contributed by atoms with van der Waals surface area (Å²) >= 11 is 0. The molecule has 1 amide bonds. The minimum atomic E-state index is -0.132. The summed E-state index contributed by atoms with van der Waals surface area (Å²) in [5, 5.41) is 12.7. The molecule has 15 heavy (non-hydrogen) atoms. The maximum absolute atomic E-state index is 10.7. The zero-order chi connectivity index (χ0) is 11.1. The Kier molecular flexibility index (Phi) is 4.82. The molecule has 1 fully saturated rings. The number of nitrogens with zero attached hydrogens (tertiary/aromatic N) is 2. The number of nitriles is 1. The Morgan fingerprint density at radius 3 is 3.13 bits per heavy atom. The number of carbonyl (C=O) groups excluding carboxylic acids is 1. The van der Waals surface area contributed by atoms with Crippen molar-refractivity contribution in [2.24, 2.45) is 11.0 Å². The molecule has 1 aliphatic rings. The SMILES string of the molecule is CC(=O)N/N=C1/CCCCC1CCC#N. The number of nitrogens with one attached hydrogen (secondary N) is 1. The van der Waals surface area contributed by atoms with Crippen molar-refractivity contribution in [2.45, 2.75) is 45.4 Å². The van der Waals surface area contributed by atoms with E-state index in [1.165, 1.54) is 13.3 Å². The minimum Gasteiger partial charge on any atom is -0.274 e. The number of hydrogen-bond acceptors (Lipinski definition) is 3. The molecule has 0 aromatic heterocycles. The number of carbonyl (C=O) groups is 1. The first-order valence-corrected chi connectivity index (χ1v) is 5.44. The molecule has 4 nitrogen and oxygen atoms in total. The number of hydrazone groups is 1. The van der Waals surface area contributed by atoms with Crippen molar-refractivity contribution in [3.05, 3.63) is 0 Å². The molecule has 1 unspecified atom stereocenters. The van der Waals surface area contributed by atoms with Crippen molar-refractivity contribution in [1.82, 2.24) is 5.43 Å². The average Bonchev–Trinajstić information content (AvgIpc) is 2.24. The lowest BCUT2D eigenvalue weighted by molar-refractivity contribution is -0.118. The highest BCUT2D eigenvalue weighted by molar-refractivity contribution is 5.88. The number of hydrogen-bond donors (Lipinski definition) is 1. The Balaban J connectivity index is 2.53. The molecule has 1 aliphatic carbocycles. The van der Waals surface area contributed by atoms with Crippen molar-refractivity contribution in [2.75, 3.05) is 0 Å². The van der Waals surface area contributed by atoms with Crippen LogP contribution in [-0.4, -0.2) is 11.6 Å². The maximum atomic E-state index is 10.7. The third kappa shape index (κ3) is 4.11. The zero-order valence-electron chi connectivity index (χ0n) is 9.12. The Morgan fingerprint density at radius 1 is 1.67 bits per heavy atom. The second-order valence-corrected chi connectivity index (χ2v) is 3.91. The van der Waals surface area contributed by atoms with Crippen molar-refractivity contribution in [3.63, 3.8) is 0 Å². The molecule has 1 N–H and O–H groups in total. The molecule has 82 valence electrons. The predicted molar refractivity (Wildman–Crippen MR) is 58.1 cm³/mol. The maximum Gasteiger partial charge on any atom is 0.236 e. The van der Waals surface area contributed by atoms with E-state index in [4.69, 9.17) is 5.26 Å². The molecule has 0 heterocycles. The van der Waals surface area contributed by atoms with Gasteiger partial charge in [0.25, 0.3) is 0 Å². The van der Waals surface area contributed by atoms with Crippen LogP contribution < -0.4 is 5.43 Å². The van der Waals surface area contributed by atoms with E-state index in [-0.39, 0.29) is 5.91 Å². The average molecular weight is 207 g/mol. The van der Waals surface area contributed by atoms with E-state index in [9.17, 15) is 4.79 Å². The van der Waals surface area contributed by atoms with Gasteiger partial charge in [0.1, 0.15) is 0 Å². The molecule has 0 aliphatic heterocycles. The molecule has 0 bridgehead atoms. The standard InChI is InChI=1S/C11H17N3O/c1-9(15)13-14-11-7-3-2-5-10(11)6-4-8-12/h10H,2-7H2,1H3,(H,13,15)/b14-11-. The van der Waals surface area contributed by atoms with Crippen LogP contribution in [0.3, 0.4) is 0 Å². The highest BCUT2D eigenvalue weighted by atomic mass is 16.2. The van der Waals surface area contributed by atoms with E-state index in [0.29, 0.717) is 12.3 Å². The van der Waals surface area contributed by atoms with Crippen molar-refractivity contribution < 1.29 is 4.79 Å². The molecule has 0 radical (unpaired) electrons. The summed E-state index contributed by atoms with van der Waals surface area (Å²) in [5.74, 6) is 0.261. The van der Waals surface area contributed by atoms with Gasteiger partial charge >= 0.3 is 0 Å². The van der Waals surface area contributed by atoms with Crippen LogP contribution in [0.4, 0.5) is 0 Å². The number of rotatable bonds is 3. The smallest absolute Gasteiger partial charge is 0.236 e. The van der Waals surface area contributed by atoms with Crippen molar-refractivity contribution >= 4 is 11.6 Å². The first kappa shape index (κ1) is 11.7. The topological polar surface area (TPSA) is 65.2 Å². The van der Waals surface area contributed by atoms with Gasteiger partial charge in [-0.25, -0.2) is 5.43 Å². The van der Waals surface area contributed by atoms with E-state index in [1.807, 2.05) is 0 Å². The normalized spacial score (nSPS) is 23.5. The van der Waals surface area contributed by atoms with Gasteiger partial charge < -0.3 is 0 Å². The summed E-state index contributed by atoms with van der Waals surface area (Å²) in [6.07, 6.45) is 5.84. The highest BCUT2D eigenvalue weighted by Gasteiger charge is 2.20. The molecule has 4 heteroatoms. The molecular formula is C11H17N3O. The quantitative estimate of drug-likeness (QED) is 0.719. The number of amides is 1. The summed E-state index contributed by atoms with van der Waals surface area (Å²) in [4.78, 5) is 10.7. The summed E-state index contributed by atoms with van der Waals surface area (Å²) in [5.41, 5.74) is 3.55. The molecule has 1 saturated carbocycles. The van der Waals surface area contributed by atoms with E-state index in [1.54, 1.807) is 0 Å². The van der Waals surface area contributed by atoms with E-state index >= 15 is 0 Å². The van der Waals surface area contributed by atoms with Gasteiger partial charge in [-0.2, -0.15) is 10.4 Å². The van der Waals surface area contributed by atoms with Crippen LogP contribution in [0, 0.1) is 17.2 Å². The predicted octanol–water partition coefficient (Wildman–Crippen LogP) is 1.97. The van der Waals surface area contributed by atoms with E-state index < -0.39 is 0 Å². The van der Waals surface area contributed by atoms with Gasteiger partial charge in [-0.15, -0.1) is 0 Å². The summed E-state index contributed by atoms with van der Waals surface area (Å²) in [6, 6.07) is 2.16. The van der Waals surface area contributed by atoms with Crippen LogP contribution in [0.1, 0.15) is 45.4 Å². The van der Waals surface area contributed by atoms with E-state index in [2.05, 4.69) is 16.6 Å².